The van der Waals surface area contributed by atoms with E-state index >= 15 is 0 Å². The first kappa shape index (κ1) is 12.8. The Hall–Kier alpha value is -1.64. The van der Waals surface area contributed by atoms with Crippen molar-refractivity contribution in [3.05, 3.63) is 51.2 Å². The fraction of sp³-hybridized carbons (Fsp3) is 0.467. The van der Waals surface area contributed by atoms with Gasteiger partial charge in [-0.3, -0.25) is 10.1 Å². The van der Waals surface area contributed by atoms with E-state index in [1.165, 1.54) is 18.4 Å². The molecule has 96 valence electrons. The third-order valence-electron chi connectivity index (χ3n) is 3.19. The molecule has 0 aromatic heterocycles. The molecule has 0 atom stereocenters. The summed E-state index contributed by atoms with van der Waals surface area (Å²) in [5, 5.41) is 11.1. The maximum atomic E-state index is 11.1. The van der Waals surface area contributed by atoms with E-state index < -0.39 is 0 Å². The van der Waals surface area contributed by atoms with Crippen LogP contribution in [0.25, 0.3) is 6.08 Å². The largest absolute Gasteiger partial charge is 0.259 e. The van der Waals surface area contributed by atoms with Crippen molar-refractivity contribution >= 4 is 6.08 Å². The van der Waals surface area contributed by atoms with E-state index in [1.54, 1.807) is 6.08 Å². The van der Waals surface area contributed by atoms with E-state index in [9.17, 15) is 10.1 Å². The van der Waals surface area contributed by atoms with Crippen LogP contribution in [-0.2, 0) is 0 Å². The van der Waals surface area contributed by atoms with Gasteiger partial charge in [-0.1, -0.05) is 38.1 Å². The molecule has 0 heterocycles. The molecular formula is C15H19NO2. The van der Waals surface area contributed by atoms with Crippen molar-refractivity contribution in [3.63, 3.8) is 0 Å². The zero-order valence-corrected chi connectivity index (χ0v) is 10.9. The Morgan fingerprint density at radius 3 is 2.67 bits per heavy atom. The summed E-state index contributed by atoms with van der Waals surface area (Å²) in [4.78, 5) is 10.8. The predicted octanol–water partition coefficient (Wildman–Crippen LogP) is 4.23. The molecule has 0 spiro atoms. The summed E-state index contributed by atoms with van der Waals surface area (Å²) in [5.74, 6) is 0.916. The molecule has 1 aliphatic carbocycles. The minimum atomic E-state index is -0.246. The van der Waals surface area contributed by atoms with E-state index in [2.05, 4.69) is 6.07 Å². The average Bonchev–Trinajstić information content (AvgIpc) is 3.12. The number of nitro groups is 1. The average molecular weight is 245 g/mol. The number of benzene rings is 1. The van der Waals surface area contributed by atoms with Crippen LogP contribution in [0, 0.1) is 16.0 Å². The van der Waals surface area contributed by atoms with Crippen molar-refractivity contribution in [2.75, 3.05) is 0 Å². The molecule has 0 amide bonds. The van der Waals surface area contributed by atoms with Crippen molar-refractivity contribution in [2.45, 2.75) is 39.0 Å². The number of hydrogen-bond donors (Lipinski definition) is 0. The summed E-state index contributed by atoms with van der Waals surface area (Å²) >= 11 is 0. The van der Waals surface area contributed by atoms with E-state index in [4.69, 9.17) is 0 Å². The third kappa shape index (κ3) is 3.19. The molecule has 0 aliphatic heterocycles. The van der Waals surface area contributed by atoms with E-state index in [0.29, 0.717) is 24.0 Å². The molecule has 1 aliphatic rings. The highest BCUT2D eigenvalue weighted by Gasteiger charge is 2.26. The highest BCUT2D eigenvalue weighted by atomic mass is 16.6. The zero-order valence-electron chi connectivity index (χ0n) is 10.9. The molecule has 0 bridgehead atoms. The van der Waals surface area contributed by atoms with Gasteiger partial charge in [0.2, 0.25) is 5.70 Å². The lowest BCUT2D eigenvalue weighted by molar-refractivity contribution is -0.427. The van der Waals surface area contributed by atoms with Gasteiger partial charge in [0.15, 0.2) is 0 Å². The first-order chi connectivity index (χ1) is 8.58. The maximum Gasteiger partial charge on any atom is 0.247 e. The van der Waals surface area contributed by atoms with Gasteiger partial charge < -0.3 is 0 Å². The van der Waals surface area contributed by atoms with Crippen LogP contribution in [0.2, 0.25) is 0 Å². The molecule has 0 unspecified atom stereocenters. The first-order valence-corrected chi connectivity index (χ1v) is 6.52. The second kappa shape index (κ2) is 5.34. The van der Waals surface area contributed by atoms with Gasteiger partial charge in [0.1, 0.15) is 0 Å². The van der Waals surface area contributed by atoms with Crippen LogP contribution < -0.4 is 0 Å². The van der Waals surface area contributed by atoms with Gasteiger partial charge in [0.05, 0.1) is 4.92 Å². The number of hydrogen-bond acceptors (Lipinski definition) is 2. The minimum absolute atomic E-state index is 0.246. The maximum absolute atomic E-state index is 11.1. The number of allylic oxidation sites excluding steroid dienone is 1. The Balaban J connectivity index is 2.31. The first-order valence-electron chi connectivity index (χ1n) is 6.52. The summed E-state index contributed by atoms with van der Waals surface area (Å²) in [7, 11) is 0. The summed E-state index contributed by atoms with van der Waals surface area (Å²) in [6, 6.07) is 8.04. The van der Waals surface area contributed by atoms with Crippen LogP contribution in [0.4, 0.5) is 0 Å². The Morgan fingerprint density at radius 2 is 2.11 bits per heavy atom. The second-order valence-electron chi connectivity index (χ2n) is 5.39. The van der Waals surface area contributed by atoms with Gasteiger partial charge in [-0.15, -0.1) is 0 Å². The molecular weight excluding hydrogens is 226 g/mol. The molecule has 1 saturated carbocycles. The predicted molar refractivity (Wildman–Crippen MR) is 72.8 cm³/mol. The summed E-state index contributed by atoms with van der Waals surface area (Å²) in [6.07, 6.45) is 4.70. The van der Waals surface area contributed by atoms with Crippen molar-refractivity contribution in [3.8, 4) is 0 Å². The summed E-state index contributed by atoms with van der Waals surface area (Å²) in [6.45, 7) is 4.01. The van der Waals surface area contributed by atoms with Gasteiger partial charge in [-0.25, -0.2) is 0 Å². The van der Waals surface area contributed by atoms with Crippen LogP contribution in [0.1, 0.15) is 50.2 Å². The molecule has 0 radical (unpaired) electrons. The van der Waals surface area contributed by atoms with E-state index in [0.717, 1.165) is 5.56 Å². The molecule has 2 rings (SSSR count). The molecule has 0 saturated heterocycles. The van der Waals surface area contributed by atoms with E-state index in [1.807, 2.05) is 32.0 Å². The highest BCUT2D eigenvalue weighted by Crippen LogP contribution is 2.42. The number of rotatable bonds is 5. The Labute approximate surface area is 108 Å². The SMILES string of the molecule is CC(C)CC(=Cc1ccccc1C1CC1)[N+](=O)[O-]. The van der Waals surface area contributed by atoms with Crippen LogP contribution in [0.15, 0.2) is 30.0 Å². The molecule has 1 aromatic rings. The van der Waals surface area contributed by atoms with Gasteiger partial charge in [0.25, 0.3) is 0 Å². The normalized spacial score (nSPS) is 16.1. The van der Waals surface area contributed by atoms with Crippen LogP contribution in [0.5, 0.6) is 0 Å². The molecule has 1 fully saturated rings. The number of nitrogens with zero attached hydrogens (tertiary/aromatic N) is 1. The quantitative estimate of drug-likeness (QED) is 0.575. The zero-order chi connectivity index (χ0) is 13.1. The second-order valence-corrected chi connectivity index (χ2v) is 5.39. The van der Waals surface area contributed by atoms with Gasteiger partial charge in [0, 0.05) is 12.5 Å². The van der Waals surface area contributed by atoms with Crippen molar-refractivity contribution in [1.29, 1.82) is 0 Å². The van der Waals surface area contributed by atoms with Gasteiger partial charge >= 0.3 is 0 Å². The monoisotopic (exact) mass is 245 g/mol. The van der Waals surface area contributed by atoms with Gasteiger partial charge in [-0.05, 0) is 35.8 Å². The van der Waals surface area contributed by atoms with Crippen molar-refractivity contribution in [2.24, 2.45) is 5.92 Å². The summed E-state index contributed by atoms with van der Waals surface area (Å²) < 4.78 is 0. The molecule has 3 heteroatoms. The lowest BCUT2D eigenvalue weighted by atomic mass is 10.0. The molecule has 0 N–H and O–H groups in total. The molecule has 1 aromatic carbocycles. The minimum Gasteiger partial charge on any atom is -0.259 e. The molecule has 3 nitrogen and oxygen atoms in total. The van der Waals surface area contributed by atoms with E-state index in [-0.39, 0.29) is 4.92 Å². The van der Waals surface area contributed by atoms with Gasteiger partial charge in [-0.2, -0.15) is 0 Å². The highest BCUT2D eigenvalue weighted by molar-refractivity contribution is 5.57. The smallest absolute Gasteiger partial charge is 0.247 e. The Morgan fingerprint density at radius 1 is 1.44 bits per heavy atom. The lowest BCUT2D eigenvalue weighted by Crippen LogP contribution is -2.03. The van der Waals surface area contributed by atoms with Crippen molar-refractivity contribution < 1.29 is 4.92 Å². The lowest BCUT2D eigenvalue weighted by Gasteiger charge is -2.06. The third-order valence-corrected chi connectivity index (χ3v) is 3.19. The Kier molecular flexibility index (Phi) is 3.80. The van der Waals surface area contributed by atoms with Crippen LogP contribution in [-0.4, -0.2) is 4.92 Å². The Bertz CT molecular complexity index is 473. The van der Waals surface area contributed by atoms with Crippen LogP contribution in [0.3, 0.4) is 0 Å². The molecule has 18 heavy (non-hydrogen) atoms. The fourth-order valence-electron chi connectivity index (χ4n) is 2.19. The van der Waals surface area contributed by atoms with Crippen LogP contribution >= 0.6 is 0 Å². The fourth-order valence-corrected chi connectivity index (χ4v) is 2.19. The summed E-state index contributed by atoms with van der Waals surface area (Å²) in [5.41, 5.74) is 2.60. The van der Waals surface area contributed by atoms with Crippen molar-refractivity contribution in [1.82, 2.24) is 0 Å². The standard InChI is InChI=1S/C15H19NO2/c1-11(2)9-14(16(17)18)10-13-5-3-4-6-15(13)12-7-8-12/h3-6,10-12H,7-9H2,1-2H3. The topological polar surface area (TPSA) is 43.1 Å².